The number of H-pyrrole nitrogens is 1. The predicted molar refractivity (Wildman–Crippen MR) is 124 cm³/mol. The first-order valence-electron chi connectivity index (χ1n) is 10.2. The molecule has 1 aliphatic heterocycles. The zero-order valence-corrected chi connectivity index (χ0v) is 19.2. The van der Waals surface area contributed by atoms with Crippen molar-refractivity contribution >= 4 is 50.3 Å². The van der Waals surface area contributed by atoms with Gasteiger partial charge >= 0.3 is 0 Å². The maximum atomic E-state index is 13.1. The molecule has 3 heterocycles. The van der Waals surface area contributed by atoms with E-state index >= 15 is 0 Å². The van der Waals surface area contributed by atoms with E-state index in [1.54, 1.807) is 23.2 Å². The average Bonchev–Trinajstić information content (AvgIpc) is 3.26. The summed E-state index contributed by atoms with van der Waals surface area (Å²) in [6, 6.07) is 8.81. The van der Waals surface area contributed by atoms with E-state index in [9.17, 15) is 22.4 Å². The summed E-state index contributed by atoms with van der Waals surface area (Å²) in [7, 11) is -3.71. The van der Waals surface area contributed by atoms with Crippen LogP contribution in [0.5, 0.6) is 0 Å². The maximum Gasteiger partial charge on any atom is 0.245 e. The van der Waals surface area contributed by atoms with E-state index in [0.717, 1.165) is 0 Å². The Morgan fingerprint density at radius 3 is 2.55 bits per heavy atom. The van der Waals surface area contributed by atoms with E-state index in [2.05, 4.69) is 15.3 Å². The normalized spacial score (nSPS) is 15.0. The second-order valence-electron chi connectivity index (χ2n) is 7.39. The van der Waals surface area contributed by atoms with Crippen LogP contribution in [-0.2, 0) is 19.6 Å². The number of hydrogen-bond acceptors (Lipinski definition) is 6. The van der Waals surface area contributed by atoms with Gasteiger partial charge in [0, 0.05) is 49.6 Å². The minimum atomic E-state index is -3.71. The molecule has 0 radical (unpaired) electrons. The summed E-state index contributed by atoms with van der Waals surface area (Å²) in [6.07, 6.45) is 3.03. The minimum absolute atomic E-state index is 0.0755. The quantitative estimate of drug-likeness (QED) is 0.522. The van der Waals surface area contributed by atoms with Gasteiger partial charge in [0.25, 0.3) is 0 Å². The Bertz CT molecular complexity index is 1260. The third-order valence-electron chi connectivity index (χ3n) is 5.21. The Balaban J connectivity index is 1.25. The van der Waals surface area contributed by atoms with Gasteiger partial charge in [0.05, 0.1) is 11.5 Å². The molecule has 12 heteroatoms. The third-order valence-corrected chi connectivity index (χ3v) is 8.06. The molecule has 2 aromatic heterocycles. The number of rotatable bonds is 7. The summed E-state index contributed by atoms with van der Waals surface area (Å²) in [4.78, 5) is 33.3. The largest absolute Gasteiger partial charge is 0.345 e. The van der Waals surface area contributed by atoms with Crippen LogP contribution in [0.3, 0.4) is 0 Å². The lowest BCUT2D eigenvalue weighted by molar-refractivity contribution is -0.129. The smallest absolute Gasteiger partial charge is 0.245 e. The zero-order valence-electron chi connectivity index (χ0n) is 17.5. The summed E-state index contributed by atoms with van der Waals surface area (Å²) in [5.41, 5.74) is 0.988. The fourth-order valence-electron chi connectivity index (χ4n) is 3.51. The van der Waals surface area contributed by atoms with Crippen LogP contribution in [-0.4, -0.2) is 77.1 Å². The van der Waals surface area contributed by atoms with Gasteiger partial charge < -0.3 is 15.2 Å². The number of halogens is 1. The molecule has 174 valence electrons. The van der Waals surface area contributed by atoms with E-state index < -0.39 is 10.0 Å². The second kappa shape index (κ2) is 9.89. The van der Waals surface area contributed by atoms with Crippen LogP contribution < -0.4 is 5.32 Å². The highest BCUT2D eigenvalue weighted by Gasteiger charge is 2.31. The first kappa shape index (κ1) is 23.2. The number of carbonyl (C=O) groups excluding carboxylic acids is 2. The molecule has 3 aromatic rings. The Labute approximate surface area is 194 Å². The highest BCUT2D eigenvalue weighted by Crippen LogP contribution is 2.25. The molecular weight excluding hydrogens is 469 g/mol. The van der Waals surface area contributed by atoms with Crippen LogP contribution in [0.2, 0.25) is 0 Å². The number of aromatic nitrogens is 2. The summed E-state index contributed by atoms with van der Waals surface area (Å²) >= 11 is 1.17. The third kappa shape index (κ3) is 5.34. The van der Waals surface area contributed by atoms with Crippen molar-refractivity contribution in [3.05, 3.63) is 54.6 Å². The average molecular weight is 492 g/mol. The highest BCUT2D eigenvalue weighted by molar-refractivity contribution is 8.00. The highest BCUT2D eigenvalue weighted by atomic mass is 32.2. The summed E-state index contributed by atoms with van der Waals surface area (Å²) in [5.74, 6) is -0.644. The number of pyridine rings is 1. The van der Waals surface area contributed by atoms with Crippen LogP contribution in [0.25, 0.3) is 11.0 Å². The number of nitrogens with zero attached hydrogens (tertiary/aromatic N) is 3. The van der Waals surface area contributed by atoms with Crippen molar-refractivity contribution in [1.82, 2.24) is 19.2 Å². The van der Waals surface area contributed by atoms with Crippen molar-refractivity contribution in [2.75, 3.05) is 43.0 Å². The van der Waals surface area contributed by atoms with Gasteiger partial charge in [0.2, 0.25) is 21.8 Å². The first-order valence-corrected chi connectivity index (χ1v) is 12.8. The molecular formula is C21H22FN5O4S2. The Hall–Kier alpha value is -2.96. The van der Waals surface area contributed by atoms with Gasteiger partial charge in [-0.1, -0.05) is 0 Å². The lowest BCUT2D eigenvalue weighted by atomic mass is 10.3. The van der Waals surface area contributed by atoms with Crippen LogP contribution in [0.4, 0.5) is 10.1 Å². The summed E-state index contributed by atoms with van der Waals surface area (Å²) in [6.45, 7) is 0.940. The number of piperazine rings is 1. The van der Waals surface area contributed by atoms with Gasteiger partial charge in [-0.2, -0.15) is 4.31 Å². The Morgan fingerprint density at radius 1 is 1.09 bits per heavy atom. The van der Waals surface area contributed by atoms with Gasteiger partial charge in [-0.3, -0.25) is 9.59 Å². The molecule has 1 aliphatic rings. The van der Waals surface area contributed by atoms with Crippen molar-refractivity contribution in [3.8, 4) is 0 Å². The second-order valence-corrected chi connectivity index (χ2v) is 10.3. The molecule has 0 saturated carbocycles. The molecule has 2 N–H and O–H groups in total. The molecule has 0 aliphatic carbocycles. The maximum absolute atomic E-state index is 13.1. The summed E-state index contributed by atoms with van der Waals surface area (Å²) in [5, 5.41) is 3.17. The van der Waals surface area contributed by atoms with Gasteiger partial charge in [-0.15, -0.1) is 11.8 Å². The molecule has 1 aromatic carbocycles. The van der Waals surface area contributed by atoms with E-state index in [1.807, 2.05) is 0 Å². The van der Waals surface area contributed by atoms with E-state index in [0.29, 0.717) is 16.7 Å². The molecule has 1 fully saturated rings. The SMILES string of the molecule is O=C(CSCC(=O)N1CCN(S(=O)(=O)c2c[nH]c3ncccc23)CC1)Nc1ccc(F)cc1. The fourth-order valence-corrected chi connectivity index (χ4v) is 5.80. The lowest BCUT2D eigenvalue weighted by Gasteiger charge is -2.33. The van der Waals surface area contributed by atoms with Gasteiger partial charge in [0.15, 0.2) is 0 Å². The number of fused-ring (bicyclic) bond motifs is 1. The van der Waals surface area contributed by atoms with Gasteiger partial charge in [0.1, 0.15) is 16.4 Å². The number of anilines is 1. The number of amides is 2. The zero-order chi connectivity index (χ0) is 23.4. The van der Waals surface area contributed by atoms with Gasteiger partial charge in [-0.25, -0.2) is 17.8 Å². The van der Waals surface area contributed by atoms with Crippen LogP contribution in [0, 0.1) is 5.82 Å². The number of carbonyl (C=O) groups is 2. The molecule has 0 atom stereocenters. The number of aromatic amines is 1. The van der Waals surface area contributed by atoms with Crippen molar-refractivity contribution in [1.29, 1.82) is 0 Å². The molecule has 9 nitrogen and oxygen atoms in total. The van der Waals surface area contributed by atoms with Crippen LogP contribution in [0.15, 0.2) is 53.7 Å². The van der Waals surface area contributed by atoms with Crippen LogP contribution in [0.1, 0.15) is 0 Å². The molecule has 2 amide bonds. The van der Waals surface area contributed by atoms with E-state index in [-0.39, 0.29) is 60.2 Å². The van der Waals surface area contributed by atoms with E-state index in [4.69, 9.17) is 0 Å². The van der Waals surface area contributed by atoms with E-state index in [1.165, 1.54) is 46.5 Å². The number of sulfonamides is 1. The number of thioether (sulfide) groups is 1. The van der Waals surface area contributed by atoms with Crippen molar-refractivity contribution in [2.45, 2.75) is 4.90 Å². The van der Waals surface area contributed by atoms with Gasteiger partial charge in [-0.05, 0) is 36.4 Å². The number of nitrogens with one attached hydrogen (secondary N) is 2. The Kier molecular flexibility index (Phi) is 6.96. The standard InChI is InChI=1S/C21H22FN5O4S2/c22-15-3-5-16(6-4-15)25-19(28)13-32-14-20(29)26-8-10-27(11-9-26)33(30,31)18-12-24-21-17(18)2-1-7-23-21/h1-7,12H,8-11,13-14H2,(H,23,24)(H,25,28). The van der Waals surface area contributed by atoms with Crippen molar-refractivity contribution < 1.29 is 22.4 Å². The topological polar surface area (TPSA) is 115 Å². The molecule has 4 rings (SSSR count). The minimum Gasteiger partial charge on any atom is -0.345 e. The summed E-state index contributed by atoms with van der Waals surface area (Å²) < 4.78 is 40.4. The fraction of sp³-hybridized carbons (Fsp3) is 0.286. The monoisotopic (exact) mass is 491 g/mol. The molecule has 33 heavy (non-hydrogen) atoms. The number of hydrogen-bond donors (Lipinski definition) is 2. The molecule has 1 saturated heterocycles. The lowest BCUT2D eigenvalue weighted by Crippen LogP contribution is -2.51. The van der Waals surface area contributed by atoms with Crippen LogP contribution >= 0.6 is 11.8 Å². The molecule has 0 unspecified atom stereocenters. The van der Waals surface area contributed by atoms with Crippen molar-refractivity contribution in [2.24, 2.45) is 0 Å². The first-order chi connectivity index (χ1) is 15.8. The molecule has 0 bridgehead atoms. The number of benzene rings is 1. The molecule has 0 spiro atoms. The predicted octanol–water partition coefficient (Wildman–Crippen LogP) is 1.91. The Morgan fingerprint density at radius 2 is 1.82 bits per heavy atom. The van der Waals surface area contributed by atoms with Crippen molar-refractivity contribution in [3.63, 3.8) is 0 Å².